The van der Waals surface area contributed by atoms with Crippen molar-refractivity contribution in [1.29, 1.82) is 0 Å². The zero-order chi connectivity index (χ0) is 55.8. The lowest BCUT2D eigenvalue weighted by Crippen LogP contribution is -2.33. The molecule has 2 aliphatic rings. The van der Waals surface area contributed by atoms with Crippen molar-refractivity contribution in [3.05, 3.63) is 215 Å². The summed E-state index contributed by atoms with van der Waals surface area (Å²) in [7, 11) is 0. The maximum Gasteiger partial charge on any atom is 0.263 e. The summed E-state index contributed by atoms with van der Waals surface area (Å²) in [5.41, 5.74) is 4.97. The lowest BCUT2D eigenvalue weighted by atomic mass is 10.0. The van der Waals surface area contributed by atoms with Crippen molar-refractivity contribution >= 4 is 58.5 Å². The van der Waals surface area contributed by atoms with E-state index in [4.69, 9.17) is 5.11 Å². The summed E-state index contributed by atoms with van der Waals surface area (Å²) in [6, 6.07) is 19.9. The maximum absolute atomic E-state index is 13.5. The molecule has 14 nitrogen and oxygen atoms in total. The Morgan fingerprint density at radius 1 is 0.618 bits per heavy atom. The molecule has 0 aliphatic carbocycles. The number of aliphatic hydroxyl groups excluding tert-OH is 1. The minimum absolute atomic E-state index is 0.0382. The van der Waals surface area contributed by atoms with Crippen LogP contribution in [0, 0.1) is 34.9 Å². The molecule has 4 heterocycles. The number of carbonyl (C=O) groups is 5. The number of ketones is 1. The smallest absolute Gasteiger partial charge is 0.263 e. The molecule has 0 spiro atoms. The molecular weight excluding hydrogens is 999 g/mol. The van der Waals surface area contributed by atoms with E-state index in [0.717, 1.165) is 66.9 Å². The highest BCUT2D eigenvalue weighted by molar-refractivity contribution is 6.32. The zero-order valence-electron chi connectivity index (χ0n) is 41.8. The molecule has 20 heteroatoms. The second-order valence-electron chi connectivity index (χ2n) is 17.2. The van der Waals surface area contributed by atoms with Gasteiger partial charge in [0.25, 0.3) is 28.8 Å². The molecule has 6 aromatic rings. The number of Topliss-reactive ketones (excluding diaryl/α,β-unsaturated/α-hetero) is 1. The predicted octanol–water partition coefficient (Wildman–Crippen LogP) is 8.35. The van der Waals surface area contributed by atoms with Crippen molar-refractivity contribution in [2.45, 2.75) is 54.1 Å². The molecule has 4 amide bonds. The quantitative estimate of drug-likeness (QED) is 0.0458. The predicted molar refractivity (Wildman–Crippen MR) is 276 cm³/mol. The number of aliphatic hydroxyl groups is 1. The highest BCUT2D eigenvalue weighted by Crippen LogP contribution is 2.34. The maximum atomic E-state index is 13.5. The van der Waals surface area contributed by atoms with Gasteiger partial charge in [0.15, 0.2) is 34.9 Å². The molecule has 0 fully saturated rings. The summed E-state index contributed by atoms with van der Waals surface area (Å²) < 4.78 is 82.4. The van der Waals surface area contributed by atoms with Crippen LogP contribution in [0.5, 0.6) is 0 Å². The Kier molecular flexibility index (Phi) is 20.5. The number of aromatic nitrogens is 2. The summed E-state index contributed by atoms with van der Waals surface area (Å²) in [6.07, 6.45) is 10.0. The van der Waals surface area contributed by atoms with Crippen LogP contribution in [0.3, 0.4) is 0 Å². The average molecular weight is 1050 g/mol. The molecule has 5 N–H and O–H groups in total. The van der Waals surface area contributed by atoms with Crippen LogP contribution in [0.4, 0.5) is 37.7 Å². The third-order valence-corrected chi connectivity index (χ3v) is 10.8. The van der Waals surface area contributed by atoms with E-state index in [1.54, 1.807) is 31.2 Å². The number of rotatable bonds is 12. The Bertz CT molecular complexity index is 3370. The van der Waals surface area contributed by atoms with Crippen LogP contribution in [0.1, 0.15) is 88.7 Å². The molecule has 76 heavy (non-hydrogen) atoms. The van der Waals surface area contributed by atoms with E-state index >= 15 is 0 Å². The highest BCUT2D eigenvalue weighted by Gasteiger charge is 2.25. The molecular formula is C56H52F6N6O8. The normalized spacial score (nSPS) is 12.0. The molecule has 0 bridgehead atoms. The van der Waals surface area contributed by atoms with Gasteiger partial charge in [-0.2, -0.15) is 0 Å². The number of nitrogens with zero attached hydrogens (tertiary/aromatic N) is 2. The standard InChI is InChI=1S/C27H22F3N3O3.C24H18F3N3O3.C3H6O.C2H6O/c1-15(2)23-18-8-7-16(13-22(18)32-26(23)35)5-3-9-31-25(34)19-6-4-10-33(27(19)36)14-17-11-20(28)24(30)21(29)12-17;25-18-9-15(10-19(26)22(18)27)13-30-8-2-4-17(24(30)33)23(32)28-7-1-3-14-5-6-16-12-21(31)29-20(16)11-14;1-3(2)4;1-2-3/h3-8,10-13H,9,14H2,1-2H3,(H,31,34)(H,32,35);1-6,8-11H,7,12-13H2,(H,28,32)(H,29,31);1-2H3;3H,2H2,1H3/b5-3+;3-1+;;. The first-order valence-corrected chi connectivity index (χ1v) is 23.3. The number of benzene rings is 4. The lowest BCUT2D eigenvalue weighted by molar-refractivity contribution is -0.115. The van der Waals surface area contributed by atoms with Crippen LogP contribution in [0.15, 0.2) is 125 Å². The number of carbonyl (C=O) groups excluding carboxylic acids is 5. The van der Waals surface area contributed by atoms with E-state index in [0.29, 0.717) is 17.7 Å². The van der Waals surface area contributed by atoms with Gasteiger partial charge in [-0.25, -0.2) is 26.3 Å². The molecule has 2 aliphatic heterocycles. The first kappa shape index (κ1) is 58.0. The van der Waals surface area contributed by atoms with E-state index in [2.05, 4.69) is 21.3 Å². The monoisotopic (exact) mass is 1050 g/mol. The fourth-order valence-corrected chi connectivity index (χ4v) is 7.47. The number of pyridine rings is 2. The number of halogens is 6. The number of fused-ring (bicyclic) bond motifs is 2. The van der Waals surface area contributed by atoms with Crippen molar-refractivity contribution in [1.82, 2.24) is 19.8 Å². The Labute approximate surface area is 432 Å². The number of anilines is 2. The zero-order valence-corrected chi connectivity index (χ0v) is 41.8. The topological polar surface area (TPSA) is 198 Å². The summed E-state index contributed by atoms with van der Waals surface area (Å²) in [6.45, 7) is 8.55. The number of hydrogen-bond donors (Lipinski definition) is 5. The van der Waals surface area contributed by atoms with Gasteiger partial charge in [-0.3, -0.25) is 28.8 Å². The summed E-state index contributed by atoms with van der Waals surface area (Å²) in [5.74, 6) is -9.87. The van der Waals surface area contributed by atoms with Crippen LogP contribution in [0.25, 0.3) is 17.7 Å². The second kappa shape index (κ2) is 26.9. The molecule has 8 rings (SSSR count). The first-order valence-electron chi connectivity index (χ1n) is 23.3. The molecule has 396 valence electrons. The minimum atomic E-state index is -1.59. The van der Waals surface area contributed by atoms with E-state index < -0.39 is 57.8 Å². The van der Waals surface area contributed by atoms with Crippen molar-refractivity contribution in [2.75, 3.05) is 30.3 Å². The molecule has 0 saturated carbocycles. The molecule has 0 saturated heterocycles. The van der Waals surface area contributed by atoms with Crippen LogP contribution >= 0.6 is 0 Å². The molecule has 0 radical (unpaired) electrons. The van der Waals surface area contributed by atoms with Gasteiger partial charge in [-0.15, -0.1) is 0 Å². The van der Waals surface area contributed by atoms with Gasteiger partial charge < -0.3 is 40.3 Å². The first-order chi connectivity index (χ1) is 36.1. The van der Waals surface area contributed by atoms with Crippen LogP contribution < -0.4 is 32.4 Å². The molecule has 0 atom stereocenters. The number of allylic oxidation sites excluding steroid dienone is 1. The van der Waals surface area contributed by atoms with Gasteiger partial charge >= 0.3 is 0 Å². The fraction of sp³-hybridized carbons (Fsp3) is 0.196. The number of nitrogens with one attached hydrogen (secondary N) is 4. The molecule has 4 aromatic carbocycles. The van der Waals surface area contributed by atoms with E-state index in [1.807, 2.05) is 50.2 Å². The molecule has 2 aromatic heterocycles. The lowest BCUT2D eigenvalue weighted by Gasteiger charge is -2.09. The summed E-state index contributed by atoms with van der Waals surface area (Å²) in [5, 5.41) is 18.4. The van der Waals surface area contributed by atoms with Crippen molar-refractivity contribution in [3.63, 3.8) is 0 Å². The third-order valence-electron chi connectivity index (χ3n) is 10.8. The van der Waals surface area contributed by atoms with Crippen LogP contribution in [0.2, 0.25) is 0 Å². The Morgan fingerprint density at radius 3 is 1.47 bits per heavy atom. The minimum Gasteiger partial charge on any atom is -0.397 e. The number of amides is 4. The van der Waals surface area contributed by atoms with Gasteiger partial charge in [0, 0.05) is 54.6 Å². The van der Waals surface area contributed by atoms with Crippen LogP contribution in [-0.4, -0.2) is 63.3 Å². The van der Waals surface area contributed by atoms with E-state index in [-0.39, 0.29) is 72.6 Å². The van der Waals surface area contributed by atoms with Gasteiger partial charge in [0.2, 0.25) is 5.91 Å². The van der Waals surface area contributed by atoms with Gasteiger partial charge in [-0.05, 0) is 123 Å². The number of hydrogen-bond acceptors (Lipinski definition) is 8. The van der Waals surface area contributed by atoms with Crippen LogP contribution in [-0.2, 0) is 33.9 Å². The summed E-state index contributed by atoms with van der Waals surface area (Å²) >= 11 is 0. The Hall–Kier alpha value is -8.91. The Balaban J connectivity index is 0.000000251. The highest BCUT2D eigenvalue weighted by atomic mass is 19.2. The van der Waals surface area contributed by atoms with Crippen molar-refractivity contribution in [2.24, 2.45) is 0 Å². The second-order valence-corrected chi connectivity index (χ2v) is 17.2. The largest absolute Gasteiger partial charge is 0.397 e. The van der Waals surface area contributed by atoms with E-state index in [9.17, 15) is 59.9 Å². The third kappa shape index (κ3) is 15.6. The van der Waals surface area contributed by atoms with Crippen molar-refractivity contribution < 1.29 is 55.4 Å². The van der Waals surface area contributed by atoms with Gasteiger partial charge in [-0.1, -0.05) is 54.1 Å². The SMILES string of the molecule is CC(C)=C1C(=O)Nc2cc(/C=C/CNC(=O)c3cccn(Cc4cc(F)c(F)c(F)c4)c3=O)ccc21.CC(C)=O.CCO.O=C1Cc2ccc(/C=C/CNC(=O)c3cccn(Cc4cc(F)c(F)c(F)c4)c3=O)cc2N1. The average Bonchev–Trinajstić information content (AvgIpc) is 3.91. The molecule has 0 unspecified atom stereocenters. The van der Waals surface area contributed by atoms with Crippen molar-refractivity contribution in [3.8, 4) is 0 Å². The van der Waals surface area contributed by atoms with Gasteiger partial charge in [0.05, 0.1) is 19.5 Å². The van der Waals surface area contributed by atoms with Gasteiger partial charge in [0.1, 0.15) is 16.9 Å². The van der Waals surface area contributed by atoms with E-state index in [1.165, 1.54) is 50.5 Å². The Morgan fingerprint density at radius 2 is 1.04 bits per heavy atom. The fourth-order valence-electron chi connectivity index (χ4n) is 7.47. The summed E-state index contributed by atoms with van der Waals surface area (Å²) in [4.78, 5) is 83.3.